The predicted molar refractivity (Wildman–Crippen MR) is 61.0 cm³/mol. The van der Waals surface area contributed by atoms with Crippen LogP contribution >= 0.6 is 0 Å². The van der Waals surface area contributed by atoms with Gasteiger partial charge in [0.2, 0.25) is 0 Å². The first-order valence-electron chi connectivity index (χ1n) is 5.87. The lowest BCUT2D eigenvalue weighted by Crippen LogP contribution is -2.20. The van der Waals surface area contributed by atoms with E-state index in [0.29, 0.717) is 0 Å². The minimum absolute atomic E-state index is 0.787. The Kier molecular flexibility index (Phi) is 8.53. The van der Waals surface area contributed by atoms with E-state index in [2.05, 4.69) is 33.0 Å². The number of rotatable bonds is 8. The number of unbranched alkanes of at least 4 members (excludes halogenated alkanes) is 1. The summed E-state index contributed by atoms with van der Waals surface area (Å²) >= 11 is 0. The van der Waals surface area contributed by atoms with Crippen molar-refractivity contribution in [3.8, 4) is 0 Å². The highest BCUT2D eigenvalue weighted by molar-refractivity contribution is 4.54. The van der Waals surface area contributed by atoms with Crippen molar-refractivity contribution < 1.29 is 0 Å². The van der Waals surface area contributed by atoms with E-state index in [9.17, 15) is 0 Å². The van der Waals surface area contributed by atoms with Crippen LogP contribution in [0.1, 0.15) is 53.4 Å². The Bertz CT molecular complexity index is 99.3. The van der Waals surface area contributed by atoms with Crippen molar-refractivity contribution in [2.75, 3.05) is 13.1 Å². The van der Waals surface area contributed by atoms with Crippen LogP contribution in [0.4, 0.5) is 0 Å². The summed E-state index contributed by atoms with van der Waals surface area (Å²) in [6.45, 7) is 11.5. The van der Waals surface area contributed by atoms with E-state index < -0.39 is 0 Å². The van der Waals surface area contributed by atoms with Crippen molar-refractivity contribution in [1.29, 1.82) is 0 Å². The van der Waals surface area contributed by atoms with E-state index >= 15 is 0 Å². The molecular weight excluding hydrogens is 158 g/mol. The molecule has 0 aromatic carbocycles. The van der Waals surface area contributed by atoms with Gasteiger partial charge in [-0.1, -0.05) is 47.0 Å². The fourth-order valence-electron chi connectivity index (χ4n) is 1.34. The second-order valence-corrected chi connectivity index (χ2v) is 4.61. The van der Waals surface area contributed by atoms with Gasteiger partial charge in [0.05, 0.1) is 0 Å². The first kappa shape index (κ1) is 13.0. The summed E-state index contributed by atoms with van der Waals surface area (Å²) in [7, 11) is 0. The molecule has 0 aliphatic heterocycles. The molecule has 0 aromatic heterocycles. The summed E-state index contributed by atoms with van der Waals surface area (Å²) in [5.74, 6) is 1.71. The highest BCUT2D eigenvalue weighted by atomic mass is 14.8. The Morgan fingerprint density at radius 1 is 1.08 bits per heavy atom. The van der Waals surface area contributed by atoms with Crippen molar-refractivity contribution in [2.45, 2.75) is 53.4 Å². The molecule has 0 bridgehead atoms. The van der Waals surface area contributed by atoms with Gasteiger partial charge < -0.3 is 5.32 Å². The molecule has 1 N–H and O–H groups in total. The maximum absolute atomic E-state index is 3.48. The number of hydrogen-bond donors (Lipinski definition) is 1. The van der Waals surface area contributed by atoms with Gasteiger partial charge in [0.15, 0.2) is 0 Å². The summed E-state index contributed by atoms with van der Waals surface area (Å²) in [5.41, 5.74) is 0. The van der Waals surface area contributed by atoms with Gasteiger partial charge in [-0.15, -0.1) is 0 Å². The molecule has 0 fully saturated rings. The summed E-state index contributed by atoms with van der Waals surface area (Å²) < 4.78 is 0. The Morgan fingerprint density at radius 2 is 1.77 bits per heavy atom. The molecule has 0 saturated carbocycles. The molecule has 0 spiro atoms. The van der Waals surface area contributed by atoms with E-state index in [0.717, 1.165) is 11.8 Å². The molecular formula is C12H27N. The Labute approximate surface area is 84.3 Å². The molecule has 0 radical (unpaired) electrons. The van der Waals surface area contributed by atoms with E-state index in [1.54, 1.807) is 0 Å². The molecule has 0 heterocycles. The Hall–Kier alpha value is -0.0400. The fraction of sp³-hybridized carbons (Fsp3) is 1.00. The summed E-state index contributed by atoms with van der Waals surface area (Å²) in [5, 5.41) is 3.48. The van der Waals surface area contributed by atoms with Gasteiger partial charge in [-0.05, 0) is 31.3 Å². The molecule has 0 aliphatic rings. The number of hydrogen-bond acceptors (Lipinski definition) is 1. The van der Waals surface area contributed by atoms with Gasteiger partial charge in [-0.2, -0.15) is 0 Å². The van der Waals surface area contributed by atoms with Crippen molar-refractivity contribution in [1.82, 2.24) is 5.32 Å². The zero-order valence-electron chi connectivity index (χ0n) is 9.90. The average Bonchev–Trinajstić information content (AvgIpc) is 2.10. The van der Waals surface area contributed by atoms with Crippen molar-refractivity contribution in [3.63, 3.8) is 0 Å². The van der Waals surface area contributed by atoms with Crippen LogP contribution in [0.3, 0.4) is 0 Å². The molecule has 0 amide bonds. The first-order chi connectivity index (χ1) is 6.16. The molecule has 0 saturated heterocycles. The van der Waals surface area contributed by atoms with Gasteiger partial charge >= 0.3 is 0 Å². The van der Waals surface area contributed by atoms with E-state index in [1.165, 1.54) is 38.8 Å². The van der Waals surface area contributed by atoms with Gasteiger partial charge in [-0.3, -0.25) is 0 Å². The quantitative estimate of drug-likeness (QED) is 0.571. The highest BCUT2D eigenvalue weighted by Gasteiger charge is 1.98. The van der Waals surface area contributed by atoms with Crippen LogP contribution in [-0.2, 0) is 0 Å². The molecule has 13 heavy (non-hydrogen) atoms. The van der Waals surface area contributed by atoms with Gasteiger partial charge in [0, 0.05) is 0 Å². The van der Waals surface area contributed by atoms with Crippen LogP contribution in [0.2, 0.25) is 0 Å². The Balaban J connectivity index is 2.99. The second-order valence-electron chi connectivity index (χ2n) is 4.61. The zero-order chi connectivity index (χ0) is 10.1. The van der Waals surface area contributed by atoms with Crippen LogP contribution in [-0.4, -0.2) is 13.1 Å². The second kappa shape index (κ2) is 8.55. The fourth-order valence-corrected chi connectivity index (χ4v) is 1.34. The monoisotopic (exact) mass is 185 g/mol. The lowest BCUT2D eigenvalue weighted by atomic mass is 10.0. The van der Waals surface area contributed by atoms with E-state index in [4.69, 9.17) is 0 Å². The lowest BCUT2D eigenvalue weighted by molar-refractivity contribution is 0.467. The topological polar surface area (TPSA) is 12.0 Å². The van der Waals surface area contributed by atoms with Gasteiger partial charge in [0.25, 0.3) is 0 Å². The zero-order valence-corrected chi connectivity index (χ0v) is 9.90. The minimum atomic E-state index is 0.787. The highest BCUT2D eigenvalue weighted by Crippen LogP contribution is 2.10. The van der Waals surface area contributed by atoms with Gasteiger partial charge in [-0.25, -0.2) is 0 Å². The smallest absolute Gasteiger partial charge is 0.00258 e. The molecule has 0 rings (SSSR count). The molecule has 0 aliphatic carbocycles. The van der Waals surface area contributed by atoms with Crippen LogP contribution in [0, 0.1) is 11.8 Å². The van der Waals surface area contributed by atoms with Crippen LogP contribution in [0.25, 0.3) is 0 Å². The third-order valence-corrected chi connectivity index (χ3v) is 2.55. The summed E-state index contributed by atoms with van der Waals surface area (Å²) in [6, 6.07) is 0. The normalized spacial score (nSPS) is 13.6. The van der Waals surface area contributed by atoms with Crippen LogP contribution in [0.5, 0.6) is 0 Å². The van der Waals surface area contributed by atoms with E-state index in [1.807, 2.05) is 0 Å². The molecule has 1 atom stereocenters. The maximum Gasteiger partial charge on any atom is -0.00258 e. The third kappa shape index (κ3) is 9.88. The van der Waals surface area contributed by atoms with E-state index in [-0.39, 0.29) is 0 Å². The third-order valence-electron chi connectivity index (χ3n) is 2.55. The van der Waals surface area contributed by atoms with Crippen molar-refractivity contribution in [2.24, 2.45) is 11.8 Å². The van der Waals surface area contributed by atoms with Crippen molar-refractivity contribution >= 4 is 0 Å². The van der Waals surface area contributed by atoms with Gasteiger partial charge in [0.1, 0.15) is 0 Å². The molecule has 80 valence electrons. The summed E-state index contributed by atoms with van der Waals surface area (Å²) in [4.78, 5) is 0. The average molecular weight is 185 g/mol. The maximum atomic E-state index is 3.48. The first-order valence-corrected chi connectivity index (χ1v) is 5.87. The molecule has 1 unspecified atom stereocenters. The standard InChI is InChI=1S/C12H27N/c1-5-12(4)8-6-7-9-13-10-11(2)3/h11-13H,5-10H2,1-4H3. The largest absolute Gasteiger partial charge is 0.316 e. The minimum Gasteiger partial charge on any atom is -0.316 e. The molecule has 1 heteroatoms. The van der Waals surface area contributed by atoms with Crippen LogP contribution < -0.4 is 5.32 Å². The lowest BCUT2D eigenvalue weighted by Gasteiger charge is -2.09. The SMILES string of the molecule is CCC(C)CCCCNCC(C)C. The Morgan fingerprint density at radius 3 is 2.31 bits per heavy atom. The molecule has 1 nitrogen and oxygen atoms in total. The summed E-state index contributed by atoms with van der Waals surface area (Å²) in [6.07, 6.45) is 5.47. The number of nitrogens with one attached hydrogen (secondary N) is 1. The predicted octanol–water partition coefficient (Wildman–Crippen LogP) is 3.45. The molecule has 0 aromatic rings. The van der Waals surface area contributed by atoms with Crippen molar-refractivity contribution in [3.05, 3.63) is 0 Å². The van der Waals surface area contributed by atoms with Crippen LogP contribution in [0.15, 0.2) is 0 Å².